The highest BCUT2D eigenvalue weighted by Gasteiger charge is 2.51. The maximum atomic E-state index is 13.3. The fraction of sp³-hybridized carbons (Fsp3) is 0.217. The second-order valence-corrected chi connectivity index (χ2v) is 8.18. The molecule has 4 N–H and O–H groups in total. The van der Waals surface area contributed by atoms with Gasteiger partial charge in [-0.15, -0.1) is 5.10 Å². The third kappa shape index (κ3) is 3.98. The number of benzene rings is 2. The van der Waals surface area contributed by atoms with Crippen LogP contribution >= 0.6 is 0 Å². The summed E-state index contributed by atoms with van der Waals surface area (Å²) in [6.07, 6.45) is -0.203. The minimum atomic E-state index is -1.86. The molecule has 1 fully saturated rings. The van der Waals surface area contributed by atoms with E-state index in [4.69, 9.17) is 15.0 Å². The van der Waals surface area contributed by atoms with Crippen molar-refractivity contribution in [2.75, 3.05) is 29.1 Å². The highest BCUT2D eigenvalue weighted by Crippen LogP contribution is 2.29. The number of anilines is 3. The van der Waals surface area contributed by atoms with Gasteiger partial charge in [-0.2, -0.15) is 0 Å². The van der Waals surface area contributed by atoms with E-state index in [0.29, 0.717) is 28.2 Å². The molecule has 2 amide bonds. The molecule has 2 aromatic heterocycles. The van der Waals surface area contributed by atoms with E-state index in [1.165, 1.54) is 34.7 Å². The highest BCUT2D eigenvalue weighted by atomic mass is 19.1. The molecule has 35 heavy (non-hydrogen) atoms. The third-order valence-electron chi connectivity index (χ3n) is 5.87. The Labute approximate surface area is 197 Å². The lowest BCUT2D eigenvalue weighted by Gasteiger charge is -2.40. The summed E-state index contributed by atoms with van der Waals surface area (Å²) in [5.74, 6) is -1.33. The van der Waals surface area contributed by atoms with E-state index in [1.807, 2.05) is 0 Å². The highest BCUT2D eigenvalue weighted by molar-refractivity contribution is 6.06. The van der Waals surface area contributed by atoms with E-state index < -0.39 is 23.5 Å². The molecule has 2 aromatic carbocycles. The summed E-state index contributed by atoms with van der Waals surface area (Å²) in [4.78, 5) is 27.5. The lowest BCUT2D eigenvalue weighted by molar-refractivity contribution is -0.170. The van der Waals surface area contributed by atoms with Crippen molar-refractivity contribution in [3.63, 3.8) is 0 Å². The molecule has 0 radical (unpaired) electrons. The van der Waals surface area contributed by atoms with Crippen LogP contribution in [0.25, 0.3) is 16.7 Å². The number of carbonyl (C=O) groups excluding carboxylic acids is 2. The number of hydrogen-bond donors (Lipinski definition) is 3. The molecule has 0 saturated carbocycles. The molecule has 2 atom stereocenters. The molecule has 11 nitrogen and oxygen atoms in total. The standard InChI is InChI=1S/C23H21FN6O5/c1-23(19(31)21(32)26-14-4-7-16-17(12-14)35-28-20(16)25)22(33)29(10-11-34-23)18-8-9-30(27-18)15-5-2-13(24)3-6-15/h2-9,12,19,31H,10-11H2,1H3,(H2,25,28)(H,26,32). The lowest BCUT2D eigenvalue weighted by atomic mass is 9.94. The lowest BCUT2D eigenvalue weighted by Crippen LogP contribution is -2.63. The first-order valence-corrected chi connectivity index (χ1v) is 10.7. The zero-order chi connectivity index (χ0) is 24.7. The van der Waals surface area contributed by atoms with E-state index in [9.17, 15) is 19.1 Å². The fourth-order valence-corrected chi connectivity index (χ4v) is 3.89. The van der Waals surface area contributed by atoms with Crippen LogP contribution < -0.4 is 16.0 Å². The Morgan fingerprint density at radius 3 is 2.80 bits per heavy atom. The number of morpholine rings is 1. The average Bonchev–Trinajstić information content (AvgIpc) is 3.48. The molecule has 4 aromatic rings. The molecule has 1 aliphatic heterocycles. The quantitative estimate of drug-likeness (QED) is 0.392. The van der Waals surface area contributed by atoms with E-state index in [1.54, 1.807) is 36.5 Å². The molecule has 2 unspecified atom stereocenters. The van der Waals surface area contributed by atoms with Gasteiger partial charge in [0.15, 0.2) is 28.9 Å². The molecule has 0 aliphatic carbocycles. The number of fused-ring (bicyclic) bond motifs is 1. The SMILES string of the molecule is CC1(C(O)C(=O)Nc2ccc3c(N)noc3c2)OCCN(c2ccn(-c3ccc(F)cc3)n2)C1=O. The molecule has 5 rings (SSSR count). The Morgan fingerprint density at radius 1 is 1.26 bits per heavy atom. The second-order valence-electron chi connectivity index (χ2n) is 8.18. The monoisotopic (exact) mass is 480 g/mol. The number of ether oxygens (including phenoxy) is 1. The zero-order valence-corrected chi connectivity index (χ0v) is 18.5. The van der Waals surface area contributed by atoms with Crippen molar-refractivity contribution >= 4 is 40.1 Å². The smallest absolute Gasteiger partial charge is 0.263 e. The Balaban J connectivity index is 1.34. The average molecular weight is 480 g/mol. The number of hydrogen-bond acceptors (Lipinski definition) is 8. The number of nitrogen functional groups attached to an aromatic ring is 1. The van der Waals surface area contributed by atoms with Crippen LogP contribution in [-0.4, -0.2) is 56.7 Å². The summed E-state index contributed by atoms with van der Waals surface area (Å²) >= 11 is 0. The number of nitrogens with zero attached hydrogens (tertiary/aromatic N) is 4. The van der Waals surface area contributed by atoms with Crippen LogP contribution in [0.3, 0.4) is 0 Å². The number of aliphatic hydroxyl groups excluding tert-OH is 1. The largest absolute Gasteiger partial charge is 0.380 e. The van der Waals surface area contributed by atoms with Crippen molar-refractivity contribution in [1.29, 1.82) is 0 Å². The van der Waals surface area contributed by atoms with E-state index in [0.717, 1.165) is 0 Å². The van der Waals surface area contributed by atoms with Crippen LogP contribution in [0.1, 0.15) is 6.92 Å². The van der Waals surface area contributed by atoms with Crippen LogP contribution in [0.2, 0.25) is 0 Å². The minimum Gasteiger partial charge on any atom is -0.380 e. The Morgan fingerprint density at radius 2 is 2.03 bits per heavy atom. The molecular weight excluding hydrogens is 459 g/mol. The molecule has 1 aliphatic rings. The predicted octanol–water partition coefficient (Wildman–Crippen LogP) is 1.86. The predicted molar refractivity (Wildman–Crippen MR) is 123 cm³/mol. The van der Waals surface area contributed by atoms with Crippen molar-refractivity contribution < 1.29 is 28.3 Å². The maximum Gasteiger partial charge on any atom is 0.263 e. The topological polar surface area (TPSA) is 149 Å². The normalized spacial score (nSPS) is 19.2. The number of carbonyl (C=O) groups is 2. The van der Waals surface area contributed by atoms with E-state index in [2.05, 4.69) is 15.6 Å². The third-order valence-corrected chi connectivity index (χ3v) is 5.87. The molecular formula is C23H21FN6O5. The number of rotatable bonds is 5. The summed E-state index contributed by atoms with van der Waals surface area (Å²) in [6, 6.07) is 12.0. The van der Waals surface area contributed by atoms with Crippen molar-refractivity contribution in [2.45, 2.75) is 18.6 Å². The number of nitrogens with two attached hydrogens (primary N) is 1. The molecule has 0 spiro atoms. The van der Waals surface area contributed by atoms with Gasteiger partial charge < -0.3 is 25.4 Å². The Bertz CT molecular complexity index is 1420. The van der Waals surface area contributed by atoms with Crippen LogP contribution in [0.5, 0.6) is 0 Å². The summed E-state index contributed by atoms with van der Waals surface area (Å²) in [5.41, 5.74) is 5.11. The number of amides is 2. The van der Waals surface area contributed by atoms with Crippen molar-refractivity contribution in [2.24, 2.45) is 0 Å². The maximum absolute atomic E-state index is 13.3. The van der Waals surface area contributed by atoms with Crippen molar-refractivity contribution in [1.82, 2.24) is 14.9 Å². The molecule has 12 heteroatoms. The van der Waals surface area contributed by atoms with Gasteiger partial charge in [0.05, 0.1) is 24.2 Å². The van der Waals surface area contributed by atoms with Gasteiger partial charge in [-0.25, -0.2) is 9.07 Å². The summed E-state index contributed by atoms with van der Waals surface area (Å²) in [5, 5.41) is 22.0. The van der Waals surface area contributed by atoms with Gasteiger partial charge in [-0.05, 0) is 43.3 Å². The molecule has 1 saturated heterocycles. The van der Waals surface area contributed by atoms with Crippen LogP contribution in [0.15, 0.2) is 59.3 Å². The summed E-state index contributed by atoms with van der Waals surface area (Å²) in [7, 11) is 0. The first kappa shape index (κ1) is 22.5. The van der Waals surface area contributed by atoms with Gasteiger partial charge >= 0.3 is 0 Å². The van der Waals surface area contributed by atoms with Gasteiger partial charge in [0, 0.05) is 24.0 Å². The molecule has 180 valence electrons. The first-order valence-electron chi connectivity index (χ1n) is 10.7. The zero-order valence-electron chi connectivity index (χ0n) is 18.5. The van der Waals surface area contributed by atoms with Crippen molar-refractivity contribution in [3.8, 4) is 5.69 Å². The number of nitrogens with one attached hydrogen (secondary N) is 1. The second kappa shape index (κ2) is 8.49. The minimum absolute atomic E-state index is 0.0687. The van der Waals surface area contributed by atoms with Gasteiger partial charge in [0.25, 0.3) is 11.8 Å². The number of aromatic nitrogens is 3. The Kier molecular flexibility index (Phi) is 5.46. The van der Waals surface area contributed by atoms with E-state index in [-0.39, 0.29) is 24.8 Å². The fourth-order valence-electron chi connectivity index (χ4n) is 3.89. The van der Waals surface area contributed by atoms with Gasteiger partial charge in [0.2, 0.25) is 0 Å². The van der Waals surface area contributed by atoms with Crippen LogP contribution in [-0.2, 0) is 14.3 Å². The molecule has 3 heterocycles. The Hall–Kier alpha value is -4.29. The number of aliphatic hydroxyl groups is 1. The molecule has 0 bridgehead atoms. The van der Waals surface area contributed by atoms with E-state index >= 15 is 0 Å². The van der Waals surface area contributed by atoms with Gasteiger partial charge in [-0.1, -0.05) is 5.16 Å². The first-order chi connectivity index (χ1) is 16.8. The van der Waals surface area contributed by atoms with Gasteiger partial charge in [-0.3, -0.25) is 14.5 Å². The van der Waals surface area contributed by atoms with Crippen molar-refractivity contribution in [3.05, 3.63) is 60.5 Å². The summed E-state index contributed by atoms with van der Waals surface area (Å²) in [6.45, 7) is 1.59. The number of halogens is 1. The van der Waals surface area contributed by atoms with Crippen LogP contribution in [0.4, 0.5) is 21.7 Å². The van der Waals surface area contributed by atoms with Gasteiger partial charge in [0.1, 0.15) is 5.82 Å². The summed E-state index contributed by atoms with van der Waals surface area (Å²) < 4.78 is 25.4. The van der Waals surface area contributed by atoms with Crippen LogP contribution in [0, 0.1) is 5.82 Å².